The van der Waals surface area contributed by atoms with Gasteiger partial charge in [0.25, 0.3) is 0 Å². The summed E-state index contributed by atoms with van der Waals surface area (Å²) in [5, 5.41) is 17.2. The minimum atomic E-state index is -0.930. The van der Waals surface area contributed by atoms with Crippen molar-refractivity contribution in [3.05, 3.63) is 23.8 Å². The fourth-order valence-corrected chi connectivity index (χ4v) is 2.73. The van der Waals surface area contributed by atoms with Crippen LogP contribution >= 0.6 is 0 Å². The molecule has 0 bridgehead atoms. The van der Waals surface area contributed by atoms with Crippen LogP contribution in [0.15, 0.2) is 18.2 Å². The average molecular weight is 259 g/mol. The monoisotopic (exact) mass is 259 g/mol. The molecule has 1 aromatic carbocycles. The van der Waals surface area contributed by atoms with Gasteiger partial charge in [-0.1, -0.05) is 18.6 Å². The zero-order valence-corrected chi connectivity index (χ0v) is 11.0. The number of carbonyl (C=O) groups is 1. The summed E-state index contributed by atoms with van der Waals surface area (Å²) in [5.74, 6) is -0.930. The lowest BCUT2D eigenvalue weighted by molar-refractivity contribution is 0.0697. The number of benzene rings is 1. The largest absolute Gasteiger partial charge is 0.478 e. The van der Waals surface area contributed by atoms with Gasteiger partial charge in [0.05, 0.1) is 11.1 Å². The van der Waals surface area contributed by atoms with Crippen molar-refractivity contribution < 1.29 is 9.90 Å². The number of rotatable bonds is 5. The summed E-state index contributed by atoms with van der Waals surface area (Å²) in [5.41, 5.74) is 2.25. The first-order valence-electron chi connectivity index (χ1n) is 6.70. The van der Waals surface area contributed by atoms with E-state index in [2.05, 4.69) is 17.2 Å². The van der Waals surface area contributed by atoms with E-state index >= 15 is 0 Å². The van der Waals surface area contributed by atoms with Gasteiger partial charge in [0.2, 0.25) is 0 Å². The maximum atomic E-state index is 10.9. The molecule has 1 N–H and O–H groups in total. The van der Waals surface area contributed by atoms with Crippen LogP contribution in [0.25, 0.3) is 11.0 Å². The molecule has 19 heavy (non-hydrogen) atoms. The molecule has 1 aliphatic rings. The van der Waals surface area contributed by atoms with Crippen LogP contribution in [-0.4, -0.2) is 26.1 Å². The molecule has 1 aliphatic carbocycles. The second-order valence-electron chi connectivity index (χ2n) is 5.51. The highest BCUT2D eigenvalue weighted by atomic mass is 16.4. The third-order valence-electron chi connectivity index (χ3n) is 3.98. The Balaban J connectivity index is 1.91. The number of carboxylic acids is 1. The van der Waals surface area contributed by atoms with Crippen LogP contribution in [0.5, 0.6) is 0 Å². The molecule has 1 aromatic heterocycles. The summed E-state index contributed by atoms with van der Waals surface area (Å²) in [6, 6.07) is 5.01. The molecule has 1 fully saturated rings. The van der Waals surface area contributed by atoms with E-state index in [1.54, 1.807) is 18.2 Å². The first-order valence-corrected chi connectivity index (χ1v) is 6.70. The zero-order chi connectivity index (χ0) is 13.5. The molecule has 0 aliphatic heterocycles. The van der Waals surface area contributed by atoms with Gasteiger partial charge in [-0.3, -0.25) is 0 Å². The van der Waals surface area contributed by atoms with E-state index in [1.165, 1.54) is 25.7 Å². The van der Waals surface area contributed by atoms with Crippen LogP contribution < -0.4 is 0 Å². The van der Waals surface area contributed by atoms with Crippen molar-refractivity contribution in [1.82, 2.24) is 15.0 Å². The third kappa shape index (κ3) is 2.20. The number of fused-ring (bicyclic) bond motifs is 1. The van der Waals surface area contributed by atoms with Crippen LogP contribution in [0.4, 0.5) is 0 Å². The topological polar surface area (TPSA) is 68.0 Å². The molecule has 3 rings (SSSR count). The number of nitrogens with zero attached hydrogens (tertiary/aromatic N) is 3. The van der Waals surface area contributed by atoms with Crippen molar-refractivity contribution >= 4 is 17.0 Å². The lowest BCUT2D eigenvalue weighted by Gasteiger charge is -2.13. The molecule has 0 unspecified atom stereocenters. The highest BCUT2D eigenvalue weighted by Crippen LogP contribution is 2.51. The highest BCUT2D eigenvalue weighted by molar-refractivity contribution is 5.92. The van der Waals surface area contributed by atoms with Gasteiger partial charge in [-0.05, 0) is 42.9 Å². The fourth-order valence-electron chi connectivity index (χ4n) is 2.73. The van der Waals surface area contributed by atoms with Gasteiger partial charge in [-0.2, -0.15) is 0 Å². The minimum Gasteiger partial charge on any atom is -0.478 e. The van der Waals surface area contributed by atoms with Crippen LogP contribution in [0.2, 0.25) is 0 Å². The Labute approximate surface area is 111 Å². The van der Waals surface area contributed by atoms with Crippen molar-refractivity contribution in [2.75, 3.05) is 0 Å². The Bertz CT molecular complexity index is 629. The number of aromatic nitrogens is 3. The number of aromatic carboxylic acids is 1. The summed E-state index contributed by atoms with van der Waals surface area (Å²) in [6.07, 6.45) is 4.93. The van der Waals surface area contributed by atoms with Gasteiger partial charge >= 0.3 is 5.97 Å². The maximum Gasteiger partial charge on any atom is 0.335 e. The van der Waals surface area contributed by atoms with Crippen molar-refractivity contribution in [2.45, 2.75) is 39.2 Å². The number of carboxylic acid groups (broad SMARTS) is 1. The minimum absolute atomic E-state index is 0.259. The third-order valence-corrected chi connectivity index (χ3v) is 3.98. The van der Waals surface area contributed by atoms with E-state index in [0.29, 0.717) is 10.9 Å². The molecule has 5 nitrogen and oxygen atoms in total. The molecule has 0 amide bonds. The first-order chi connectivity index (χ1) is 9.13. The van der Waals surface area contributed by atoms with Crippen LogP contribution in [-0.2, 0) is 6.54 Å². The van der Waals surface area contributed by atoms with Crippen LogP contribution in [0, 0.1) is 5.41 Å². The van der Waals surface area contributed by atoms with Crippen LogP contribution in [0.1, 0.15) is 43.0 Å². The zero-order valence-electron chi connectivity index (χ0n) is 11.0. The molecular weight excluding hydrogens is 242 g/mol. The van der Waals surface area contributed by atoms with E-state index < -0.39 is 5.97 Å². The van der Waals surface area contributed by atoms with Gasteiger partial charge in [-0.25, -0.2) is 9.48 Å². The lowest BCUT2D eigenvalue weighted by atomic mass is 10.0. The van der Waals surface area contributed by atoms with E-state index in [0.717, 1.165) is 12.1 Å². The Morgan fingerprint density at radius 2 is 2.26 bits per heavy atom. The maximum absolute atomic E-state index is 10.9. The van der Waals surface area contributed by atoms with Crippen molar-refractivity contribution in [2.24, 2.45) is 5.41 Å². The van der Waals surface area contributed by atoms with Gasteiger partial charge in [0, 0.05) is 6.54 Å². The standard InChI is InChI=1S/C14H17N3O2/c1-2-5-14(6-7-14)9-17-12-4-3-10(13(18)19)8-11(12)15-16-17/h3-4,8H,2,5-7,9H2,1H3,(H,18,19). The lowest BCUT2D eigenvalue weighted by Crippen LogP contribution is -2.12. The SMILES string of the molecule is CCCC1(Cn2nnc3cc(C(=O)O)ccc32)CC1. The molecule has 100 valence electrons. The predicted octanol–water partition coefficient (Wildman–Crippen LogP) is 2.71. The molecule has 0 radical (unpaired) electrons. The summed E-state index contributed by atoms with van der Waals surface area (Å²) >= 11 is 0. The molecule has 5 heteroatoms. The van der Waals surface area contributed by atoms with E-state index in [9.17, 15) is 4.79 Å². The van der Waals surface area contributed by atoms with Gasteiger partial charge in [-0.15, -0.1) is 5.10 Å². The molecule has 0 atom stereocenters. The van der Waals surface area contributed by atoms with Gasteiger partial charge in [0.1, 0.15) is 5.52 Å². The fraction of sp³-hybridized carbons (Fsp3) is 0.500. The number of hydrogen-bond donors (Lipinski definition) is 1. The van der Waals surface area contributed by atoms with Gasteiger partial charge < -0.3 is 5.11 Å². The van der Waals surface area contributed by atoms with Crippen molar-refractivity contribution in [1.29, 1.82) is 0 Å². The first kappa shape index (κ1) is 12.1. The predicted molar refractivity (Wildman–Crippen MR) is 71.1 cm³/mol. The average Bonchev–Trinajstić information content (AvgIpc) is 3.02. The molecule has 0 saturated heterocycles. The molecule has 1 saturated carbocycles. The molecular formula is C14H17N3O2. The van der Waals surface area contributed by atoms with E-state index in [4.69, 9.17) is 5.11 Å². The quantitative estimate of drug-likeness (QED) is 0.896. The van der Waals surface area contributed by atoms with E-state index in [1.807, 2.05) is 4.68 Å². The smallest absolute Gasteiger partial charge is 0.335 e. The summed E-state index contributed by atoms with van der Waals surface area (Å²) < 4.78 is 1.92. The summed E-state index contributed by atoms with van der Waals surface area (Å²) in [4.78, 5) is 10.9. The van der Waals surface area contributed by atoms with Crippen molar-refractivity contribution in [3.8, 4) is 0 Å². The van der Waals surface area contributed by atoms with Crippen molar-refractivity contribution in [3.63, 3.8) is 0 Å². The van der Waals surface area contributed by atoms with Gasteiger partial charge in [0.15, 0.2) is 0 Å². The second-order valence-corrected chi connectivity index (χ2v) is 5.51. The summed E-state index contributed by atoms with van der Waals surface area (Å²) in [6.45, 7) is 3.10. The Morgan fingerprint density at radius 1 is 1.47 bits per heavy atom. The summed E-state index contributed by atoms with van der Waals surface area (Å²) in [7, 11) is 0. The molecule has 1 heterocycles. The molecule has 0 spiro atoms. The van der Waals surface area contributed by atoms with Crippen LogP contribution in [0.3, 0.4) is 0 Å². The second kappa shape index (κ2) is 4.33. The molecule has 2 aromatic rings. The Morgan fingerprint density at radius 3 is 2.89 bits per heavy atom. The van der Waals surface area contributed by atoms with E-state index in [-0.39, 0.29) is 5.56 Å². The Hall–Kier alpha value is -1.91. The Kier molecular flexibility index (Phi) is 2.77. The normalized spacial score (nSPS) is 16.7. The highest BCUT2D eigenvalue weighted by Gasteiger charge is 2.42. The number of hydrogen-bond acceptors (Lipinski definition) is 3.